The fourth-order valence-corrected chi connectivity index (χ4v) is 2.52. The summed E-state index contributed by atoms with van der Waals surface area (Å²) in [5.74, 6) is 0.620. The average Bonchev–Trinajstić information content (AvgIpc) is 2.91. The second kappa shape index (κ2) is 8.11. The predicted molar refractivity (Wildman–Crippen MR) is 98.4 cm³/mol. The van der Waals surface area contributed by atoms with Crippen LogP contribution in [-0.4, -0.2) is 15.5 Å². The van der Waals surface area contributed by atoms with Crippen molar-refractivity contribution >= 4 is 5.91 Å². The van der Waals surface area contributed by atoms with Gasteiger partial charge in [-0.1, -0.05) is 49.1 Å². The molecule has 0 atom stereocenters. The van der Waals surface area contributed by atoms with E-state index in [1.807, 2.05) is 30.4 Å². The average molecular weight is 321 g/mol. The fraction of sp³-hybridized carbons (Fsp3) is 0.200. The Bertz CT molecular complexity index is 757. The van der Waals surface area contributed by atoms with E-state index in [4.69, 9.17) is 4.98 Å². The van der Waals surface area contributed by atoms with E-state index in [9.17, 15) is 4.79 Å². The molecule has 124 valence electrons. The molecule has 0 aliphatic carbocycles. The zero-order chi connectivity index (χ0) is 17.5. The lowest BCUT2D eigenvalue weighted by molar-refractivity contribution is -0.117. The molecule has 1 N–H and O–H groups in total. The molecule has 1 amide bonds. The number of aromatic nitrogens is 2. The van der Waals surface area contributed by atoms with Crippen molar-refractivity contribution in [3.05, 3.63) is 79.3 Å². The van der Waals surface area contributed by atoms with Crippen LogP contribution in [0.5, 0.6) is 0 Å². The van der Waals surface area contributed by atoms with E-state index in [0.29, 0.717) is 25.1 Å². The summed E-state index contributed by atoms with van der Waals surface area (Å²) in [6.07, 6.45) is 4.33. The first-order chi connectivity index (χ1) is 11.6. The zero-order valence-electron chi connectivity index (χ0n) is 14.1. The molecule has 0 aliphatic rings. The van der Waals surface area contributed by atoms with E-state index in [1.165, 1.54) is 0 Å². The van der Waals surface area contributed by atoms with Crippen LogP contribution in [0.2, 0.25) is 0 Å². The molecular weight excluding hydrogens is 298 g/mol. The Balaban J connectivity index is 2.47. The number of rotatable bonds is 8. The largest absolute Gasteiger partial charge is 0.345 e. The van der Waals surface area contributed by atoms with E-state index in [-0.39, 0.29) is 5.91 Å². The summed E-state index contributed by atoms with van der Waals surface area (Å²) >= 11 is 0. The van der Waals surface area contributed by atoms with Crippen LogP contribution in [0, 0.1) is 0 Å². The summed E-state index contributed by atoms with van der Waals surface area (Å²) in [5.41, 5.74) is 3.54. The lowest BCUT2D eigenvalue weighted by Crippen LogP contribution is -2.25. The molecule has 0 aliphatic heterocycles. The fourth-order valence-electron chi connectivity index (χ4n) is 2.52. The Morgan fingerprint density at radius 1 is 1.25 bits per heavy atom. The number of allylic oxidation sites excluding steroid dienone is 2. The van der Waals surface area contributed by atoms with E-state index >= 15 is 0 Å². The van der Waals surface area contributed by atoms with Crippen LogP contribution in [-0.2, 0) is 24.3 Å². The summed E-state index contributed by atoms with van der Waals surface area (Å²) in [6.45, 7) is 14.0. The lowest BCUT2D eigenvalue weighted by Gasteiger charge is -2.11. The van der Waals surface area contributed by atoms with Crippen LogP contribution in [0.25, 0.3) is 11.3 Å². The van der Waals surface area contributed by atoms with Crippen LogP contribution >= 0.6 is 0 Å². The molecule has 1 aromatic carbocycles. The minimum Gasteiger partial charge on any atom is -0.345 e. The van der Waals surface area contributed by atoms with Gasteiger partial charge in [0, 0.05) is 24.1 Å². The molecule has 1 aromatic heterocycles. The maximum atomic E-state index is 11.8. The number of carbonyl (C=O) groups excluding carboxylic acids is 1. The van der Waals surface area contributed by atoms with Crippen molar-refractivity contribution in [2.45, 2.75) is 26.4 Å². The molecule has 1 heterocycles. The topological polar surface area (TPSA) is 46.9 Å². The van der Waals surface area contributed by atoms with Gasteiger partial charge < -0.3 is 9.88 Å². The van der Waals surface area contributed by atoms with Crippen molar-refractivity contribution in [3.8, 4) is 11.3 Å². The Kier molecular flexibility index (Phi) is 5.90. The number of nitrogens with one attached hydrogen (secondary N) is 1. The predicted octanol–water partition coefficient (Wildman–Crippen LogP) is 3.66. The van der Waals surface area contributed by atoms with Crippen LogP contribution in [0.15, 0.2) is 67.8 Å². The van der Waals surface area contributed by atoms with Gasteiger partial charge in [-0.2, -0.15) is 0 Å². The first kappa shape index (κ1) is 17.5. The Morgan fingerprint density at radius 3 is 2.54 bits per heavy atom. The number of carbonyl (C=O) groups is 1. The Labute approximate surface area is 143 Å². The number of imidazole rings is 1. The quantitative estimate of drug-likeness (QED) is 0.596. The highest BCUT2D eigenvalue weighted by molar-refractivity contribution is 5.91. The highest BCUT2D eigenvalue weighted by atomic mass is 16.1. The smallest absolute Gasteiger partial charge is 0.246 e. The molecule has 0 saturated carbocycles. The standard InChI is InChI=1S/C20H23N3O/c1-5-10-17-19(16-11-8-7-9-12-16)23(13-6-2)18(22-17)14-21-20(24)15(3)4/h5-9,11-12H,1-3,10,13-14H2,4H3,(H,21,24). The summed E-state index contributed by atoms with van der Waals surface area (Å²) in [4.78, 5) is 16.5. The van der Waals surface area contributed by atoms with Gasteiger partial charge in [-0.3, -0.25) is 4.79 Å². The van der Waals surface area contributed by atoms with E-state index in [0.717, 1.165) is 22.8 Å². The molecule has 2 aromatic rings. The normalized spacial score (nSPS) is 10.2. The summed E-state index contributed by atoms with van der Waals surface area (Å²) in [5, 5.41) is 2.85. The van der Waals surface area contributed by atoms with E-state index < -0.39 is 0 Å². The number of benzene rings is 1. The first-order valence-electron chi connectivity index (χ1n) is 7.87. The van der Waals surface area contributed by atoms with Gasteiger partial charge >= 0.3 is 0 Å². The molecule has 0 radical (unpaired) electrons. The Hall–Kier alpha value is -2.88. The van der Waals surface area contributed by atoms with Crippen molar-refractivity contribution in [1.29, 1.82) is 0 Å². The maximum absolute atomic E-state index is 11.8. The van der Waals surface area contributed by atoms with Crippen LogP contribution < -0.4 is 5.32 Å². The van der Waals surface area contributed by atoms with Gasteiger partial charge in [0.1, 0.15) is 5.82 Å². The van der Waals surface area contributed by atoms with Gasteiger partial charge in [-0.05, 0) is 6.92 Å². The minimum atomic E-state index is -0.172. The van der Waals surface area contributed by atoms with Crippen molar-refractivity contribution in [3.63, 3.8) is 0 Å². The second-order valence-electron chi connectivity index (χ2n) is 5.54. The van der Waals surface area contributed by atoms with Crippen molar-refractivity contribution in [1.82, 2.24) is 14.9 Å². The maximum Gasteiger partial charge on any atom is 0.246 e. The third-order valence-corrected chi connectivity index (χ3v) is 3.61. The monoisotopic (exact) mass is 321 g/mol. The molecule has 0 spiro atoms. The molecule has 0 fully saturated rings. The number of hydrogen-bond donors (Lipinski definition) is 1. The zero-order valence-corrected chi connectivity index (χ0v) is 14.1. The molecule has 4 heteroatoms. The summed E-state index contributed by atoms with van der Waals surface area (Å²) < 4.78 is 2.08. The molecule has 0 unspecified atom stereocenters. The van der Waals surface area contributed by atoms with Gasteiger partial charge in [0.15, 0.2) is 0 Å². The lowest BCUT2D eigenvalue weighted by atomic mass is 10.1. The molecule has 0 bridgehead atoms. The van der Waals surface area contributed by atoms with Gasteiger partial charge in [-0.25, -0.2) is 4.98 Å². The number of amides is 1. The van der Waals surface area contributed by atoms with Crippen molar-refractivity contribution in [2.75, 3.05) is 0 Å². The third kappa shape index (κ3) is 3.90. The molecule has 4 nitrogen and oxygen atoms in total. The van der Waals surface area contributed by atoms with E-state index in [1.54, 1.807) is 6.92 Å². The molecule has 2 rings (SSSR count). The highest BCUT2D eigenvalue weighted by Crippen LogP contribution is 2.26. The molecule has 24 heavy (non-hydrogen) atoms. The van der Waals surface area contributed by atoms with Crippen LogP contribution in [0.1, 0.15) is 18.4 Å². The Morgan fingerprint density at radius 2 is 1.96 bits per heavy atom. The van der Waals surface area contributed by atoms with Crippen LogP contribution in [0.4, 0.5) is 0 Å². The van der Waals surface area contributed by atoms with Gasteiger partial charge in [0.2, 0.25) is 5.91 Å². The van der Waals surface area contributed by atoms with E-state index in [2.05, 4.69) is 41.8 Å². The molecule has 0 saturated heterocycles. The van der Waals surface area contributed by atoms with Gasteiger partial charge in [0.25, 0.3) is 0 Å². The second-order valence-corrected chi connectivity index (χ2v) is 5.54. The number of hydrogen-bond acceptors (Lipinski definition) is 2. The number of nitrogens with zero attached hydrogens (tertiary/aromatic N) is 2. The van der Waals surface area contributed by atoms with Crippen molar-refractivity contribution in [2.24, 2.45) is 0 Å². The van der Waals surface area contributed by atoms with Crippen molar-refractivity contribution < 1.29 is 4.79 Å². The van der Waals surface area contributed by atoms with Crippen LogP contribution in [0.3, 0.4) is 0 Å². The highest BCUT2D eigenvalue weighted by Gasteiger charge is 2.17. The third-order valence-electron chi connectivity index (χ3n) is 3.61. The SMILES string of the molecule is C=CCc1nc(CNC(=O)C(=C)C)n(CC=C)c1-c1ccccc1. The molecular formula is C20H23N3O. The minimum absolute atomic E-state index is 0.172. The van der Waals surface area contributed by atoms with Gasteiger partial charge in [0.05, 0.1) is 17.9 Å². The summed E-state index contributed by atoms with van der Waals surface area (Å²) in [6, 6.07) is 10.1. The first-order valence-corrected chi connectivity index (χ1v) is 7.87. The van der Waals surface area contributed by atoms with Gasteiger partial charge in [-0.15, -0.1) is 13.2 Å². The summed E-state index contributed by atoms with van der Waals surface area (Å²) in [7, 11) is 0.